The summed E-state index contributed by atoms with van der Waals surface area (Å²) < 4.78 is 0. The standard InChI is InChI=1S/C11H15N3O3S/c1-14(6-7-18-2)11(17)13-8-4-3-5-12-9(8)10(15)16/h3-5H,6-7H2,1-2H3,(H,13,17)(H,15,16). The SMILES string of the molecule is CSCCN(C)C(=O)Nc1cccnc1C(=O)O. The van der Waals surface area contributed by atoms with E-state index in [1.807, 2.05) is 6.26 Å². The molecule has 1 aromatic heterocycles. The van der Waals surface area contributed by atoms with Crippen molar-refractivity contribution < 1.29 is 14.7 Å². The minimum Gasteiger partial charge on any atom is -0.476 e. The quantitative estimate of drug-likeness (QED) is 0.848. The number of aromatic nitrogens is 1. The lowest BCUT2D eigenvalue weighted by molar-refractivity contribution is 0.0691. The highest BCUT2D eigenvalue weighted by Crippen LogP contribution is 2.12. The normalized spacial score (nSPS) is 9.89. The number of pyridine rings is 1. The number of carboxylic acids is 1. The average molecular weight is 269 g/mol. The van der Waals surface area contributed by atoms with Gasteiger partial charge in [-0.3, -0.25) is 0 Å². The van der Waals surface area contributed by atoms with Crippen molar-refractivity contribution >= 4 is 29.4 Å². The Balaban J connectivity index is 2.72. The molecule has 0 aliphatic carbocycles. The third-order valence-corrected chi connectivity index (χ3v) is 2.82. The molecule has 0 unspecified atom stereocenters. The molecule has 2 amide bonds. The number of carbonyl (C=O) groups excluding carboxylic acids is 1. The number of hydrogen-bond donors (Lipinski definition) is 2. The fraction of sp³-hybridized carbons (Fsp3) is 0.364. The molecule has 6 nitrogen and oxygen atoms in total. The highest BCUT2D eigenvalue weighted by molar-refractivity contribution is 7.98. The lowest BCUT2D eigenvalue weighted by atomic mass is 10.3. The molecule has 0 aliphatic heterocycles. The van der Waals surface area contributed by atoms with Crippen LogP contribution in [0.2, 0.25) is 0 Å². The van der Waals surface area contributed by atoms with Crippen molar-refractivity contribution in [3.05, 3.63) is 24.0 Å². The van der Waals surface area contributed by atoms with Crippen LogP contribution in [-0.4, -0.2) is 52.6 Å². The van der Waals surface area contributed by atoms with Crippen molar-refractivity contribution in [1.82, 2.24) is 9.88 Å². The van der Waals surface area contributed by atoms with E-state index < -0.39 is 5.97 Å². The largest absolute Gasteiger partial charge is 0.476 e. The van der Waals surface area contributed by atoms with Crippen LogP contribution < -0.4 is 5.32 Å². The minimum atomic E-state index is -1.17. The number of nitrogens with zero attached hydrogens (tertiary/aromatic N) is 2. The minimum absolute atomic E-state index is 0.163. The average Bonchev–Trinajstić information content (AvgIpc) is 2.36. The molecule has 7 heteroatoms. The number of carbonyl (C=O) groups is 2. The van der Waals surface area contributed by atoms with Gasteiger partial charge in [0.25, 0.3) is 0 Å². The lowest BCUT2D eigenvalue weighted by Gasteiger charge is -2.17. The van der Waals surface area contributed by atoms with Gasteiger partial charge in [0.05, 0.1) is 5.69 Å². The Morgan fingerprint density at radius 3 is 2.89 bits per heavy atom. The van der Waals surface area contributed by atoms with Crippen molar-refractivity contribution in [3.63, 3.8) is 0 Å². The number of aromatic carboxylic acids is 1. The van der Waals surface area contributed by atoms with E-state index in [9.17, 15) is 9.59 Å². The van der Waals surface area contributed by atoms with E-state index in [1.165, 1.54) is 17.2 Å². The van der Waals surface area contributed by atoms with Crippen LogP contribution in [0.4, 0.5) is 10.5 Å². The zero-order chi connectivity index (χ0) is 13.5. The summed E-state index contributed by atoms with van der Waals surface area (Å²) in [5.41, 5.74) is 0.0371. The Morgan fingerprint density at radius 1 is 1.56 bits per heavy atom. The van der Waals surface area contributed by atoms with Crippen LogP contribution in [0.3, 0.4) is 0 Å². The summed E-state index contributed by atoms with van der Waals surface area (Å²) in [5.74, 6) is -0.347. The Hall–Kier alpha value is -1.76. The molecule has 18 heavy (non-hydrogen) atoms. The number of rotatable bonds is 5. The summed E-state index contributed by atoms with van der Waals surface area (Å²) in [6.45, 7) is 0.593. The van der Waals surface area contributed by atoms with E-state index in [0.29, 0.717) is 6.54 Å². The highest BCUT2D eigenvalue weighted by atomic mass is 32.2. The number of anilines is 1. The van der Waals surface area contributed by atoms with Gasteiger partial charge in [-0.2, -0.15) is 11.8 Å². The third-order valence-electron chi connectivity index (χ3n) is 2.23. The second-order valence-corrected chi connectivity index (χ2v) is 4.53. The summed E-state index contributed by atoms with van der Waals surface area (Å²) in [5, 5.41) is 11.5. The molecule has 0 spiro atoms. The van der Waals surface area contributed by atoms with Gasteiger partial charge in [-0.05, 0) is 18.4 Å². The third kappa shape index (κ3) is 3.92. The molecule has 0 atom stereocenters. The van der Waals surface area contributed by atoms with E-state index in [4.69, 9.17) is 5.11 Å². The summed E-state index contributed by atoms with van der Waals surface area (Å²) in [6.07, 6.45) is 3.33. The van der Waals surface area contributed by atoms with Gasteiger partial charge >= 0.3 is 12.0 Å². The molecule has 0 saturated carbocycles. The number of urea groups is 1. The maximum absolute atomic E-state index is 11.8. The maximum atomic E-state index is 11.8. The fourth-order valence-electron chi connectivity index (χ4n) is 1.22. The van der Waals surface area contributed by atoms with E-state index in [0.717, 1.165) is 5.75 Å². The first-order valence-corrected chi connectivity index (χ1v) is 6.65. The first-order valence-electron chi connectivity index (χ1n) is 5.25. The van der Waals surface area contributed by atoms with Crippen LogP contribution in [0.25, 0.3) is 0 Å². The van der Waals surface area contributed by atoms with Gasteiger partial charge < -0.3 is 15.3 Å². The van der Waals surface area contributed by atoms with Crippen LogP contribution >= 0.6 is 11.8 Å². The molecule has 1 heterocycles. The monoisotopic (exact) mass is 269 g/mol. The zero-order valence-electron chi connectivity index (χ0n) is 10.2. The van der Waals surface area contributed by atoms with Crippen molar-refractivity contribution in [2.24, 2.45) is 0 Å². The lowest BCUT2D eigenvalue weighted by Crippen LogP contribution is -2.33. The molecule has 2 N–H and O–H groups in total. The topological polar surface area (TPSA) is 82.5 Å². The predicted octanol–water partition coefficient (Wildman–Crippen LogP) is 1.61. The van der Waals surface area contributed by atoms with Crippen molar-refractivity contribution in [3.8, 4) is 0 Å². The first kappa shape index (κ1) is 14.3. The van der Waals surface area contributed by atoms with E-state index in [-0.39, 0.29) is 17.4 Å². The summed E-state index contributed by atoms with van der Waals surface area (Å²) in [6, 6.07) is 2.74. The molecule has 0 aliphatic rings. The number of thioether (sulfide) groups is 1. The van der Waals surface area contributed by atoms with Gasteiger partial charge in [0.15, 0.2) is 5.69 Å². The molecule has 1 rings (SSSR count). The van der Waals surface area contributed by atoms with Gasteiger partial charge in [0, 0.05) is 25.5 Å². The molecular formula is C11H15N3O3S. The molecule has 0 fully saturated rings. The number of nitrogens with one attached hydrogen (secondary N) is 1. The highest BCUT2D eigenvalue weighted by Gasteiger charge is 2.15. The Bertz CT molecular complexity index is 439. The van der Waals surface area contributed by atoms with Crippen LogP contribution in [0, 0.1) is 0 Å². The number of amides is 2. The van der Waals surface area contributed by atoms with Gasteiger partial charge in [0.1, 0.15) is 0 Å². The summed E-state index contributed by atoms with van der Waals surface area (Å²) in [4.78, 5) is 27.9. The van der Waals surface area contributed by atoms with E-state index in [2.05, 4.69) is 10.3 Å². The predicted molar refractivity (Wildman–Crippen MR) is 71.2 cm³/mol. The Kier molecular flexibility index (Phi) is 5.44. The summed E-state index contributed by atoms with van der Waals surface area (Å²) in [7, 11) is 1.66. The van der Waals surface area contributed by atoms with Crippen LogP contribution in [0.15, 0.2) is 18.3 Å². The zero-order valence-corrected chi connectivity index (χ0v) is 11.0. The maximum Gasteiger partial charge on any atom is 0.356 e. The Morgan fingerprint density at radius 2 is 2.28 bits per heavy atom. The second-order valence-electron chi connectivity index (χ2n) is 3.55. The number of carboxylic acid groups (broad SMARTS) is 1. The van der Waals surface area contributed by atoms with Crippen molar-refractivity contribution in [1.29, 1.82) is 0 Å². The van der Waals surface area contributed by atoms with Gasteiger partial charge in [-0.25, -0.2) is 14.6 Å². The Labute approximate surface area is 109 Å². The van der Waals surface area contributed by atoms with Crippen LogP contribution in [0.1, 0.15) is 10.5 Å². The van der Waals surface area contributed by atoms with Gasteiger partial charge in [-0.15, -0.1) is 0 Å². The molecule has 0 bridgehead atoms. The van der Waals surface area contributed by atoms with E-state index in [1.54, 1.807) is 24.9 Å². The van der Waals surface area contributed by atoms with E-state index >= 15 is 0 Å². The smallest absolute Gasteiger partial charge is 0.356 e. The molecule has 0 aromatic carbocycles. The number of hydrogen-bond acceptors (Lipinski definition) is 4. The van der Waals surface area contributed by atoms with Gasteiger partial charge in [-0.1, -0.05) is 0 Å². The molecule has 98 valence electrons. The molecule has 0 radical (unpaired) electrons. The summed E-state index contributed by atoms with van der Waals surface area (Å²) >= 11 is 1.63. The van der Waals surface area contributed by atoms with Crippen LogP contribution in [-0.2, 0) is 0 Å². The van der Waals surface area contributed by atoms with Crippen molar-refractivity contribution in [2.45, 2.75) is 0 Å². The fourth-order valence-corrected chi connectivity index (χ4v) is 1.67. The molecular weight excluding hydrogens is 254 g/mol. The van der Waals surface area contributed by atoms with Gasteiger partial charge in [0.2, 0.25) is 0 Å². The molecule has 0 saturated heterocycles. The first-order chi connectivity index (χ1) is 8.56. The van der Waals surface area contributed by atoms with Crippen molar-refractivity contribution in [2.75, 3.05) is 30.9 Å². The van der Waals surface area contributed by atoms with Crippen LogP contribution in [0.5, 0.6) is 0 Å². The molecule has 1 aromatic rings. The second kappa shape index (κ2) is 6.85.